The minimum atomic E-state index is -0.680. The maximum absolute atomic E-state index is 12.3. The molecular formula is C11H15N5O4. The van der Waals surface area contributed by atoms with Crippen LogP contribution in [0.4, 0.5) is 5.95 Å². The van der Waals surface area contributed by atoms with Crippen LogP contribution in [0.1, 0.15) is 19.8 Å². The van der Waals surface area contributed by atoms with Gasteiger partial charge in [-0.3, -0.25) is 13.9 Å². The van der Waals surface area contributed by atoms with Crippen molar-refractivity contribution in [2.24, 2.45) is 14.1 Å². The fraction of sp³-hybridized carbons (Fsp3) is 0.545. The molecule has 0 unspecified atom stereocenters. The van der Waals surface area contributed by atoms with E-state index in [0.29, 0.717) is 6.42 Å². The van der Waals surface area contributed by atoms with Crippen molar-refractivity contribution in [3.05, 3.63) is 31.0 Å². The van der Waals surface area contributed by atoms with Crippen molar-refractivity contribution < 1.29 is 4.92 Å². The van der Waals surface area contributed by atoms with Crippen molar-refractivity contribution in [1.82, 2.24) is 18.7 Å². The molecule has 0 spiro atoms. The third-order valence-corrected chi connectivity index (χ3v) is 3.23. The molecule has 0 radical (unpaired) electrons. The number of aryl methyl sites for hydroxylation is 2. The Labute approximate surface area is 113 Å². The van der Waals surface area contributed by atoms with E-state index in [9.17, 15) is 19.7 Å². The van der Waals surface area contributed by atoms with Crippen LogP contribution in [0.3, 0.4) is 0 Å². The lowest BCUT2D eigenvalue weighted by molar-refractivity contribution is -0.396. The highest BCUT2D eigenvalue weighted by molar-refractivity contribution is 5.72. The monoisotopic (exact) mass is 281 g/mol. The minimum absolute atomic E-state index is 0.0296. The highest BCUT2D eigenvalue weighted by Crippen LogP contribution is 2.14. The molecule has 2 aromatic heterocycles. The molecule has 9 nitrogen and oxygen atoms in total. The third-order valence-electron chi connectivity index (χ3n) is 3.23. The Morgan fingerprint density at radius 1 is 1.25 bits per heavy atom. The molecule has 0 N–H and O–H groups in total. The van der Waals surface area contributed by atoms with Crippen LogP contribution in [0.2, 0.25) is 0 Å². The Morgan fingerprint density at radius 3 is 2.45 bits per heavy atom. The van der Waals surface area contributed by atoms with Gasteiger partial charge in [0.1, 0.15) is 0 Å². The molecule has 0 saturated heterocycles. The Balaban J connectivity index is 2.87. The standard InChI is InChI=1S/C11H15N5O4/c1-4-5-6-15-9(17)7-8(14(3)11(15)18)12-10(13(7)2)16(19)20/h4-6H2,1-3H3. The molecule has 108 valence electrons. The molecule has 0 fully saturated rings. The van der Waals surface area contributed by atoms with E-state index in [2.05, 4.69) is 4.98 Å². The topological polar surface area (TPSA) is 105 Å². The summed E-state index contributed by atoms with van der Waals surface area (Å²) in [6.45, 7) is 2.24. The molecule has 0 atom stereocenters. The van der Waals surface area contributed by atoms with Gasteiger partial charge in [0.25, 0.3) is 11.2 Å². The van der Waals surface area contributed by atoms with Gasteiger partial charge in [-0.1, -0.05) is 13.3 Å². The van der Waals surface area contributed by atoms with Crippen LogP contribution in [0.15, 0.2) is 9.59 Å². The molecule has 0 aliphatic heterocycles. The fourth-order valence-corrected chi connectivity index (χ4v) is 2.11. The van der Waals surface area contributed by atoms with Gasteiger partial charge in [-0.05, 0) is 16.3 Å². The van der Waals surface area contributed by atoms with Crippen molar-refractivity contribution >= 4 is 17.1 Å². The quantitative estimate of drug-likeness (QED) is 0.585. The van der Waals surface area contributed by atoms with Crippen LogP contribution in [0.5, 0.6) is 0 Å². The smallest absolute Gasteiger partial charge is 0.390 e. The van der Waals surface area contributed by atoms with Gasteiger partial charge in [0.05, 0.1) is 7.05 Å². The van der Waals surface area contributed by atoms with Gasteiger partial charge in [0.15, 0.2) is 0 Å². The number of imidazole rings is 1. The van der Waals surface area contributed by atoms with Gasteiger partial charge >= 0.3 is 11.6 Å². The number of aromatic nitrogens is 4. The molecule has 0 aliphatic rings. The molecular weight excluding hydrogens is 266 g/mol. The van der Waals surface area contributed by atoms with Gasteiger partial charge in [0.2, 0.25) is 5.52 Å². The summed E-state index contributed by atoms with van der Waals surface area (Å²) in [6.07, 6.45) is 1.51. The second-order valence-corrected chi connectivity index (χ2v) is 4.55. The van der Waals surface area contributed by atoms with Crippen LogP contribution in [-0.4, -0.2) is 23.6 Å². The van der Waals surface area contributed by atoms with Crippen molar-refractivity contribution in [2.75, 3.05) is 0 Å². The summed E-state index contributed by atoms with van der Waals surface area (Å²) in [5.74, 6) is -0.458. The highest BCUT2D eigenvalue weighted by atomic mass is 16.6. The van der Waals surface area contributed by atoms with Gasteiger partial charge in [-0.25, -0.2) is 9.36 Å². The zero-order chi connectivity index (χ0) is 15.0. The molecule has 20 heavy (non-hydrogen) atoms. The first-order valence-corrected chi connectivity index (χ1v) is 6.20. The van der Waals surface area contributed by atoms with E-state index in [1.54, 1.807) is 0 Å². The molecule has 0 aliphatic carbocycles. The molecule has 0 amide bonds. The lowest BCUT2D eigenvalue weighted by Crippen LogP contribution is -2.39. The van der Waals surface area contributed by atoms with Crippen molar-refractivity contribution in [2.45, 2.75) is 26.3 Å². The summed E-state index contributed by atoms with van der Waals surface area (Å²) < 4.78 is 3.37. The molecule has 9 heteroatoms. The Bertz CT molecular complexity index is 798. The number of rotatable bonds is 4. The van der Waals surface area contributed by atoms with Crippen molar-refractivity contribution in [3.63, 3.8) is 0 Å². The second kappa shape index (κ2) is 4.91. The average Bonchev–Trinajstić information content (AvgIpc) is 2.74. The van der Waals surface area contributed by atoms with E-state index in [4.69, 9.17) is 0 Å². The van der Waals surface area contributed by atoms with Crippen molar-refractivity contribution in [3.8, 4) is 0 Å². The van der Waals surface area contributed by atoms with Crippen LogP contribution >= 0.6 is 0 Å². The van der Waals surface area contributed by atoms with E-state index in [0.717, 1.165) is 15.6 Å². The zero-order valence-electron chi connectivity index (χ0n) is 11.5. The maximum atomic E-state index is 12.3. The van der Waals surface area contributed by atoms with Crippen molar-refractivity contribution in [1.29, 1.82) is 0 Å². The molecule has 0 aromatic carbocycles. The summed E-state index contributed by atoms with van der Waals surface area (Å²) >= 11 is 0. The average molecular weight is 281 g/mol. The molecule has 0 bridgehead atoms. The van der Waals surface area contributed by atoms with Gasteiger partial charge in [-0.15, -0.1) is 0 Å². The fourth-order valence-electron chi connectivity index (χ4n) is 2.11. The van der Waals surface area contributed by atoms with Crippen LogP contribution < -0.4 is 11.2 Å². The number of hydrogen-bond acceptors (Lipinski definition) is 5. The molecule has 2 heterocycles. The van der Waals surface area contributed by atoms with Crippen LogP contribution in [-0.2, 0) is 20.6 Å². The number of nitrogens with zero attached hydrogens (tertiary/aromatic N) is 5. The summed E-state index contributed by atoms with van der Waals surface area (Å²) in [4.78, 5) is 38.4. The lowest BCUT2D eigenvalue weighted by Gasteiger charge is -2.05. The van der Waals surface area contributed by atoms with E-state index >= 15 is 0 Å². The third kappa shape index (κ3) is 1.91. The Morgan fingerprint density at radius 2 is 1.90 bits per heavy atom. The molecule has 2 rings (SSSR count). The lowest BCUT2D eigenvalue weighted by atomic mass is 10.3. The van der Waals surface area contributed by atoms with Gasteiger partial charge < -0.3 is 10.1 Å². The minimum Gasteiger partial charge on any atom is -0.390 e. The summed E-state index contributed by atoms with van der Waals surface area (Å²) in [7, 11) is 2.84. The predicted molar refractivity (Wildman–Crippen MR) is 71.8 cm³/mol. The number of hydrogen-bond donors (Lipinski definition) is 0. The summed E-state index contributed by atoms with van der Waals surface area (Å²) in [5.41, 5.74) is -0.958. The number of nitro groups is 1. The number of unbranched alkanes of at least 4 members (excludes halogenated alkanes) is 1. The Hall–Kier alpha value is -2.45. The molecule has 0 saturated carbocycles. The SMILES string of the molecule is CCCCn1c(=O)c2c(nc([N+](=O)[O-])n2C)n(C)c1=O. The van der Waals surface area contributed by atoms with Crippen LogP contribution in [0, 0.1) is 10.1 Å². The first-order valence-electron chi connectivity index (χ1n) is 6.20. The second-order valence-electron chi connectivity index (χ2n) is 4.55. The Kier molecular flexibility index (Phi) is 3.43. The van der Waals surface area contributed by atoms with Gasteiger partial charge in [0, 0.05) is 13.6 Å². The van der Waals surface area contributed by atoms with E-state index in [-0.39, 0.29) is 17.7 Å². The maximum Gasteiger partial charge on any atom is 0.437 e. The predicted octanol–water partition coefficient (Wildman–Crippen LogP) is 0.142. The van der Waals surface area contributed by atoms with Gasteiger partial charge in [-0.2, -0.15) is 0 Å². The van der Waals surface area contributed by atoms with E-state index in [1.165, 1.54) is 18.7 Å². The highest BCUT2D eigenvalue weighted by Gasteiger charge is 2.26. The normalized spacial score (nSPS) is 11.2. The number of fused-ring (bicyclic) bond motifs is 1. The first kappa shape index (κ1) is 14.0. The largest absolute Gasteiger partial charge is 0.437 e. The summed E-state index contributed by atoms with van der Waals surface area (Å²) in [5, 5.41) is 10.9. The van der Waals surface area contributed by atoms with E-state index < -0.39 is 22.1 Å². The van der Waals surface area contributed by atoms with Crippen LogP contribution in [0.25, 0.3) is 11.2 Å². The summed E-state index contributed by atoms with van der Waals surface area (Å²) in [6, 6.07) is 0. The van der Waals surface area contributed by atoms with E-state index in [1.807, 2.05) is 6.92 Å². The molecule has 2 aromatic rings. The zero-order valence-corrected chi connectivity index (χ0v) is 11.5. The first-order chi connectivity index (χ1) is 9.40.